The molecule has 8 heteroatoms. The van der Waals surface area contributed by atoms with Crippen molar-refractivity contribution < 1.29 is 17.9 Å². The zero-order valence-corrected chi connectivity index (χ0v) is 18.6. The molecule has 0 spiro atoms. The molecule has 0 aliphatic rings. The lowest BCUT2D eigenvalue weighted by atomic mass is 10.1. The molecule has 5 nitrogen and oxygen atoms in total. The maximum atomic E-state index is 12.7. The molecule has 1 unspecified atom stereocenters. The molecule has 1 atom stereocenters. The third-order valence-electron chi connectivity index (χ3n) is 3.57. The first kappa shape index (κ1) is 21.7. The van der Waals surface area contributed by atoms with Gasteiger partial charge in [0.1, 0.15) is 10.6 Å². The second kappa shape index (κ2) is 8.20. The Hall–Kier alpha value is -1.57. The molecule has 0 radical (unpaired) electrons. The van der Waals surface area contributed by atoms with Gasteiger partial charge in [0.15, 0.2) is 9.84 Å². The molecule has 2 aromatic carbocycles. The number of benzene rings is 2. The number of ether oxygens (including phenoxy) is 1. The molecule has 1 amide bonds. The molecule has 0 aliphatic heterocycles. The van der Waals surface area contributed by atoms with Gasteiger partial charge in [-0.2, -0.15) is 0 Å². The van der Waals surface area contributed by atoms with E-state index in [1.807, 2.05) is 6.07 Å². The van der Waals surface area contributed by atoms with Crippen LogP contribution in [-0.4, -0.2) is 31.3 Å². The Kier molecular flexibility index (Phi) is 6.60. The predicted molar refractivity (Wildman–Crippen MR) is 113 cm³/mol. The summed E-state index contributed by atoms with van der Waals surface area (Å²) in [5, 5.41) is 1.55. The Morgan fingerprint density at radius 3 is 2.37 bits per heavy atom. The number of hydrogen-bond donors (Lipinski definition) is 0. The number of halogens is 2. The minimum absolute atomic E-state index is 0.215. The van der Waals surface area contributed by atoms with Gasteiger partial charge in [-0.05, 0) is 61.9 Å². The highest BCUT2D eigenvalue weighted by Crippen LogP contribution is 2.29. The average molecular weight is 475 g/mol. The SMILES string of the molecule is CC(C)(C)OC(=O)N(c1ccc2ccc(S(C)(=O)=O)cc2c1)C(Br)C=CCl. The van der Waals surface area contributed by atoms with Crippen molar-refractivity contribution in [3.8, 4) is 0 Å². The van der Waals surface area contributed by atoms with Gasteiger partial charge in [-0.3, -0.25) is 4.90 Å². The van der Waals surface area contributed by atoms with Crippen LogP contribution in [0.25, 0.3) is 10.8 Å². The Morgan fingerprint density at radius 1 is 1.19 bits per heavy atom. The number of nitrogens with zero attached hydrogens (tertiary/aromatic N) is 1. The van der Waals surface area contributed by atoms with Gasteiger partial charge < -0.3 is 4.74 Å². The van der Waals surface area contributed by atoms with Crippen molar-refractivity contribution in [2.24, 2.45) is 0 Å². The van der Waals surface area contributed by atoms with Crippen molar-refractivity contribution in [1.82, 2.24) is 0 Å². The van der Waals surface area contributed by atoms with Crippen molar-refractivity contribution in [2.45, 2.75) is 36.2 Å². The first-order chi connectivity index (χ1) is 12.4. The van der Waals surface area contributed by atoms with Gasteiger partial charge in [-0.25, -0.2) is 13.2 Å². The summed E-state index contributed by atoms with van der Waals surface area (Å²) >= 11 is 9.09. The topological polar surface area (TPSA) is 63.7 Å². The molecule has 2 rings (SSSR count). The quantitative estimate of drug-likeness (QED) is 0.436. The number of sulfone groups is 1. The van der Waals surface area contributed by atoms with Crippen molar-refractivity contribution >= 4 is 59.9 Å². The third-order valence-corrected chi connectivity index (χ3v) is 5.54. The van der Waals surface area contributed by atoms with Crippen LogP contribution in [0.4, 0.5) is 10.5 Å². The van der Waals surface area contributed by atoms with Crippen LogP contribution in [0.3, 0.4) is 0 Å². The maximum Gasteiger partial charge on any atom is 0.416 e. The van der Waals surface area contributed by atoms with Crippen LogP contribution in [0.15, 0.2) is 52.9 Å². The summed E-state index contributed by atoms with van der Waals surface area (Å²) in [6.45, 7) is 5.34. The number of carbonyl (C=O) groups is 1. The third kappa shape index (κ3) is 5.70. The molecule has 0 aliphatic carbocycles. The van der Waals surface area contributed by atoms with Gasteiger partial charge in [0.2, 0.25) is 0 Å². The van der Waals surface area contributed by atoms with E-state index in [9.17, 15) is 13.2 Å². The molecule has 146 valence electrons. The zero-order chi connectivity index (χ0) is 20.4. The van der Waals surface area contributed by atoms with E-state index < -0.39 is 26.5 Å². The fourth-order valence-corrected chi connectivity index (χ4v) is 3.92. The van der Waals surface area contributed by atoms with E-state index in [-0.39, 0.29) is 4.90 Å². The number of alkyl halides is 1. The van der Waals surface area contributed by atoms with Gasteiger partial charge in [0.25, 0.3) is 0 Å². The van der Waals surface area contributed by atoms with Crippen LogP contribution in [0.2, 0.25) is 0 Å². The van der Waals surface area contributed by atoms with Crippen molar-refractivity contribution in [1.29, 1.82) is 0 Å². The Bertz CT molecular complexity index is 983. The van der Waals surface area contributed by atoms with Crippen molar-refractivity contribution in [2.75, 3.05) is 11.2 Å². The van der Waals surface area contributed by atoms with E-state index in [0.29, 0.717) is 11.1 Å². The summed E-state index contributed by atoms with van der Waals surface area (Å²) in [5.41, 5.74) is 1.17. The largest absolute Gasteiger partial charge is 0.443 e. The lowest BCUT2D eigenvalue weighted by Crippen LogP contribution is -2.40. The minimum Gasteiger partial charge on any atom is -0.443 e. The van der Waals surface area contributed by atoms with Crippen LogP contribution in [0.1, 0.15) is 20.8 Å². The second-order valence-corrected chi connectivity index (χ2v) is 10.2. The van der Waals surface area contributed by atoms with E-state index in [1.54, 1.807) is 57.2 Å². The van der Waals surface area contributed by atoms with E-state index >= 15 is 0 Å². The number of fused-ring (bicyclic) bond motifs is 1. The van der Waals surface area contributed by atoms with Crippen molar-refractivity contribution in [3.63, 3.8) is 0 Å². The molecule has 0 aromatic heterocycles. The second-order valence-electron chi connectivity index (χ2n) is 7.01. The fraction of sp³-hybridized carbons (Fsp3) is 0.316. The lowest BCUT2D eigenvalue weighted by molar-refractivity contribution is 0.0581. The molecule has 0 heterocycles. The Labute approximate surface area is 173 Å². The summed E-state index contributed by atoms with van der Waals surface area (Å²) < 4.78 is 29.2. The number of amides is 1. The number of anilines is 1. The first-order valence-electron chi connectivity index (χ1n) is 8.09. The van der Waals surface area contributed by atoms with Gasteiger partial charge >= 0.3 is 6.09 Å². The van der Waals surface area contributed by atoms with Gasteiger partial charge in [-0.15, -0.1) is 0 Å². The molecule has 0 fully saturated rings. The summed E-state index contributed by atoms with van der Waals surface area (Å²) in [7, 11) is -3.34. The molecule has 27 heavy (non-hydrogen) atoms. The van der Waals surface area contributed by atoms with Crippen LogP contribution in [0, 0.1) is 0 Å². The maximum absolute atomic E-state index is 12.7. The standard InChI is InChI=1S/C19H21BrClNO4S/c1-19(2,3)26-18(23)22(17(20)9-10-21)15-7-5-13-6-8-16(27(4,24)25)12-14(13)11-15/h5-12,17H,1-4H3. The summed E-state index contributed by atoms with van der Waals surface area (Å²) in [4.78, 5) is 13.8. The number of rotatable bonds is 4. The summed E-state index contributed by atoms with van der Waals surface area (Å²) in [5.74, 6) is 0. The number of carbonyl (C=O) groups excluding carboxylic acids is 1. The highest BCUT2D eigenvalue weighted by molar-refractivity contribution is 9.09. The van der Waals surface area contributed by atoms with Crippen LogP contribution >= 0.6 is 27.5 Å². The first-order valence-corrected chi connectivity index (χ1v) is 11.3. The highest BCUT2D eigenvalue weighted by Gasteiger charge is 2.27. The van der Waals surface area contributed by atoms with Gasteiger partial charge in [0, 0.05) is 17.5 Å². The molecule has 0 saturated carbocycles. The Balaban J connectivity index is 2.56. The average Bonchev–Trinajstić information content (AvgIpc) is 2.52. The molecule has 0 N–H and O–H groups in total. The predicted octanol–water partition coefficient (Wildman–Crippen LogP) is 5.46. The van der Waals surface area contributed by atoms with Gasteiger partial charge in [0.05, 0.1) is 4.90 Å². The molecular weight excluding hydrogens is 454 g/mol. The molecular formula is C19H21BrClNO4S. The highest BCUT2D eigenvalue weighted by atomic mass is 79.9. The monoisotopic (exact) mass is 473 g/mol. The lowest BCUT2D eigenvalue weighted by Gasteiger charge is -2.29. The van der Waals surface area contributed by atoms with Crippen molar-refractivity contribution in [3.05, 3.63) is 48.0 Å². The van der Waals surface area contributed by atoms with E-state index in [0.717, 1.165) is 11.6 Å². The molecule has 0 saturated heterocycles. The van der Waals surface area contributed by atoms with Crippen LogP contribution in [-0.2, 0) is 14.6 Å². The van der Waals surface area contributed by atoms with E-state index in [4.69, 9.17) is 16.3 Å². The summed E-state index contributed by atoms with van der Waals surface area (Å²) in [6.07, 6.45) is 2.19. The van der Waals surface area contributed by atoms with Gasteiger partial charge in [-0.1, -0.05) is 39.7 Å². The smallest absolute Gasteiger partial charge is 0.416 e. The minimum atomic E-state index is -3.34. The molecule has 0 bridgehead atoms. The van der Waals surface area contributed by atoms with Crippen LogP contribution in [0.5, 0.6) is 0 Å². The van der Waals surface area contributed by atoms with E-state index in [2.05, 4.69) is 15.9 Å². The fourth-order valence-electron chi connectivity index (χ4n) is 2.40. The number of hydrogen-bond acceptors (Lipinski definition) is 4. The Morgan fingerprint density at radius 2 is 1.81 bits per heavy atom. The van der Waals surface area contributed by atoms with Crippen LogP contribution < -0.4 is 4.90 Å². The zero-order valence-electron chi connectivity index (χ0n) is 15.4. The normalized spacial score (nSPS) is 13.7. The molecule has 2 aromatic rings. The summed E-state index contributed by atoms with van der Waals surface area (Å²) in [6, 6.07) is 10.2. The van der Waals surface area contributed by atoms with E-state index in [1.165, 1.54) is 10.4 Å².